The molecule has 0 amide bonds. The van der Waals surface area contributed by atoms with Crippen molar-refractivity contribution in [2.45, 2.75) is 31.2 Å². The predicted molar refractivity (Wildman–Crippen MR) is 65.5 cm³/mol. The van der Waals surface area contributed by atoms with Crippen molar-refractivity contribution in [1.29, 1.82) is 0 Å². The second kappa shape index (κ2) is 5.61. The van der Waals surface area contributed by atoms with Gasteiger partial charge in [0, 0.05) is 5.38 Å². The highest BCUT2D eigenvalue weighted by molar-refractivity contribution is 7.89. The molecule has 0 aliphatic heterocycles. The van der Waals surface area contributed by atoms with Crippen LogP contribution in [0.15, 0.2) is 21.7 Å². The molecule has 1 rings (SSSR count). The van der Waals surface area contributed by atoms with Gasteiger partial charge in [-0.1, -0.05) is 13.8 Å². The molecule has 0 saturated heterocycles. The summed E-state index contributed by atoms with van der Waals surface area (Å²) < 4.78 is 25.8. The second-order valence-electron chi connectivity index (χ2n) is 4.10. The fraction of sp³-hybridized carbons (Fsp3) is 0.500. The number of hydrogen-bond acceptors (Lipinski definition) is 4. The van der Waals surface area contributed by atoms with Crippen molar-refractivity contribution in [3.8, 4) is 0 Å². The molecule has 1 aromatic heterocycles. The summed E-state index contributed by atoms with van der Waals surface area (Å²) in [7, 11) is -3.73. The Morgan fingerprint density at radius 3 is 2.59 bits per heavy atom. The van der Waals surface area contributed by atoms with Crippen molar-refractivity contribution in [3.05, 3.63) is 16.8 Å². The number of hydrogen-bond donors (Lipinski definition) is 2. The molecule has 0 aliphatic carbocycles. The molecule has 0 saturated carbocycles. The molecule has 0 aliphatic rings. The summed E-state index contributed by atoms with van der Waals surface area (Å²) in [6.45, 7) is 3.68. The average Bonchev–Trinajstić information content (AvgIpc) is 2.68. The van der Waals surface area contributed by atoms with E-state index < -0.39 is 22.0 Å². The Bertz CT molecular complexity index is 465. The molecule has 7 heteroatoms. The Balaban J connectivity index is 2.84. The third kappa shape index (κ3) is 4.10. The third-order valence-corrected chi connectivity index (χ3v) is 4.41. The lowest BCUT2D eigenvalue weighted by atomic mass is 10.1. The van der Waals surface area contributed by atoms with Gasteiger partial charge in [-0.2, -0.15) is 16.1 Å². The summed E-state index contributed by atoms with van der Waals surface area (Å²) in [6, 6.07) is 0.362. The van der Waals surface area contributed by atoms with Crippen LogP contribution in [-0.2, 0) is 14.8 Å². The molecule has 5 nitrogen and oxygen atoms in total. The fourth-order valence-electron chi connectivity index (χ4n) is 1.33. The van der Waals surface area contributed by atoms with Crippen LogP contribution < -0.4 is 4.72 Å². The highest BCUT2D eigenvalue weighted by Gasteiger charge is 2.26. The van der Waals surface area contributed by atoms with Gasteiger partial charge in [0.2, 0.25) is 10.0 Å². The number of aliphatic carboxylic acids is 1. The van der Waals surface area contributed by atoms with Crippen molar-refractivity contribution in [2.75, 3.05) is 0 Å². The molecule has 0 bridgehead atoms. The minimum atomic E-state index is -3.73. The first-order valence-electron chi connectivity index (χ1n) is 5.10. The first-order valence-corrected chi connectivity index (χ1v) is 7.53. The summed E-state index contributed by atoms with van der Waals surface area (Å²) >= 11 is 1.25. The van der Waals surface area contributed by atoms with Gasteiger partial charge >= 0.3 is 5.97 Å². The normalized spacial score (nSPS) is 13.8. The molecule has 1 heterocycles. The molecule has 1 atom stereocenters. The van der Waals surface area contributed by atoms with E-state index in [0.717, 1.165) is 0 Å². The van der Waals surface area contributed by atoms with Crippen LogP contribution in [0.4, 0.5) is 0 Å². The Kier molecular flexibility index (Phi) is 4.67. The lowest BCUT2D eigenvalue weighted by Gasteiger charge is -2.15. The zero-order valence-corrected chi connectivity index (χ0v) is 11.2. The van der Waals surface area contributed by atoms with Gasteiger partial charge in [0.1, 0.15) is 6.04 Å². The quantitative estimate of drug-likeness (QED) is 0.826. The van der Waals surface area contributed by atoms with Crippen molar-refractivity contribution in [2.24, 2.45) is 5.92 Å². The summed E-state index contributed by atoms with van der Waals surface area (Å²) in [5, 5.41) is 12.1. The molecule has 1 unspecified atom stereocenters. The highest BCUT2D eigenvalue weighted by atomic mass is 32.2. The van der Waals surface area contributed by atoms with E-state index in [4.69, 9.17) is 5.11 Å². The van der Waals surface area contributed by atoms with Crippen LogP contribution in [0.2, 0.25) is 0 Å². The third-order valence-electron chi connectivity index (χ3n) is 2.11. The van der Waals surface area contributed by atoms with Gasteiger partial charge in [0.05, 0.1) is 4.90 Å². The van der Waals surface area contributed by atoms with Crippen LogP contribution in [0.1, 0.15) is 20.3 Å². The standard InChI is InChI=1S/C10H15NO4S2/c1-7(2)5-9(10(12)13)11-17(14,15)8-3-4-16-6-8/h3-4,6-7,9,11H,5H2,1-2H3,(H,12,13). The molecular formula is C10H15NO4S2. The number of carbonyl (C=O) groups is 1. The van der Waals surface area contributed by atoms with E-state index in [1.807, 2.05) is 13.8 Å². The minimum Gasteiger partial charge on any atom is -0.480 e. The molecule has 0 radical (unpaired) electrons. The largest absolute Gasteiger partial charge is 0.480 e. The number of nitrogens with one attached hydrogen (secondary N) is 1. The predicted octanol–water partition coefficient (Wildman–Crippen LogP) is 1.53. The zero-order valence-electron chi connectivity index (χ0n) is 9.58. The van der Waals surface area contributed by atoms with Gasteiger partial charge in [0.25, 0.3) is 0 Å². The molecule has 0 spiro atoms. The molecule has 17 heavy (non-hydrogen) atoms. The summed E-state index contributed by atoms with van der Waals surface area (Å²) in [4.78, 5) is 11.1. The van der Waals surface area contributed by atoms with E-state index in [1.165, 1.54) is 22.8 Å². The molecule has 0 fully saturated rings. The lowest BCUT2D eigenvalue weighted by Crippen LogP contribution is -2.41. The highest BCUT2D eigenvalue weighted by Crippen LogP contribution is 2.15. The zero-order chi connectivity index (χ0) is 13.1. The maximum atomic E-state index is 11.8. The van der Waals surface area contributed by atoms with Crippen molar-refractivity contribution >= 4 is 27.3 Å². The Morgan fingerprint density at radius 2 is 2.18 bits per heavy atom. The van der Waals surface area contributed by atoms with Gasteiger partial charge in [-0.15, -0.1) is 0 Å². The lowest BCUT2D eigenvalue weighted by molar-refractivity contribution is -0.139. The van der Waals surface area contributed by atoms with E-state index in [9.17, 15) is 13.2 Å². The van der Waals surface area contributed by atoms with E-state index in [0.29, 0.717) is 0 Å². The van der Waals surface area contributed by atoms with Gasteiger partial charge in [-0.3, -0.25) is 4.79 Å². The molecule has 1 aromatic rings. The van der Waals surface area contributed by atoms with Crippen LogP contribution in [0.3, 0.4) is 0 Å². The van der Waals surface area contributed by atoms with E-state index in [-0.39, 0.29) is 17.2 Å². The Hall–Kier alpha value is -0.920. The molecule has 2 N–H and O–H groups in total. The number of carboxylic acids is 1. The number of carboxylic acid groups (broad SMARTS) is 1. The summed E-state index contributed by atoms with van der Waals surface area (Å²) in [6.07, 6.45) is 0.263. The van der Waals surface area contributed by atoms with Crippen LogP contribution in [-0.4, -0.2) is 25.5 Å². The van der Waals surface area contributed by atoms with Crippen LogP contribution in [0.5, 0.6) is 0 Å². The summed E-state index contributed by atoms with van der Waals surface area (Å²) in [5.74, 6) is -1.06. The number of rotatable bonds is 6. The average molecular weight is 277 g/mol. The van der Waals surface area contributed by atoms with Gasteiger partial charge in [-0.05, 0) is 23.8 Å². The first kappa shape index (κ1) is 14.1. The molecular weight excluding hydrogens is 262 g/mol. The Morgan fingerprint density at radius 1 is 1.53 bits per heavy atom. The minimum absolute atomic E-state index is 0.0984. The van der Waals surface area contributed by atoms with Crippen molar-refractivity contribution in [1.82, 2.24) is 4.72 Å². The van der Waals surface area contributed by atoms with Gasteiger partial charge in [-0.25, -0.2) is 8.42 Å². The SMILES string of the molecule is CC(C)CC(NS(=O)(=O)c1ccsc1)C(=O)O. The maximum Gasteiger partial charge on any atom is 0.321 e. The van der Waals surface area contributed by atoms with Gasteiger partial charge in [0.15, 0.2) is 0 Å². The van der Waals surface area contributed by atoms with Crippen LogP contribution >= 0.6 is 11.3 Å². The maximum absolute atomic E-state index is 11.8. The van der Waals surface area contributed by atoms with Crippen LogP contribution in [0.25, 0.3) is 0 Å². The molecule has 0 aromatic carbocycles. The second-order valence-corrected chi connectivity index (χ2v) is 6.59. The van der Waals surface area contributed by atoms with E-state index >= 15 is 0 Å². The van der Waals surface area contributed by atoms with Crippen LogP contribution in [0, 0.1) is 5.92 Å². The Labute approximate surface area is 105 Å². The smallest absolute Gasteiger partial charge is 0.321 e. The fourth-order valence-corrected chi connectivity index (χ4v) is 3.56. The topological polar surface area (TPSA) is 83.5 Å². The number of sulfonamides is 1. The summed E-state index contributed by atoms with van der Waals surface area (Å²) in [5.41, 5.74) is 0. The van der Waals surface area contributed by atoms with Crippen molar-refractivity contribution in [3.63, 3.8) is 0 Å². The first-order chi connectivity index (χ1) is 7.83. The van der Waals surface area contributed by atoms with Crippen molar-refractivity contribution < 1.29 is 18.3 Å². The monoisotopic (exact) mass is 277 g/mol. The number of thiophene rings is 1. The van der Waals surface area contributed by atoms with Gasteiger partial charge < -0.3 is 5.11 Å². The molecule has 96 valence electrons. The van der Waals surface area contributed by atoms with E-state index in [2.05, 4.69) is 4.72 Å². The van der Waals surface area contributed by atoms with E-state index in [1.54, 1.807) is 5.38 Å².